The molecule has 1 aliphatic carbocycles. The molecule has 2 aromatic carbocycles. The van der Waals surface area contributed by atoms with Gasteiger partial charge >= 0.3 is 5.97 Å². The van der Waals surface area contributed by atoms with Crippen molar-refractivity contribution >= 4 is 40.8 Å². The molecule has 1 fully saturated rings. The van der Waals surface area contributed by atoms with E-state index in [0.717, 1.165) is 5.56 Å². The molecule has 0 unspecified atom stereocenters. The van der Waals surface area contributed by atoms with Gasteiger partial charge in [0.25, 0.3) is 0 Å². The van der Waals surface area contributed by atoms with E-state index in [2.05, 4.69) is 15.4 Å². The fraction of sp³-hybridized carbons (Fsp3) is 0.250. The van der Waals surface area contributed by atoms with Gasteiger partial charge < -0.3 is 15.4 Å². The highest BCUT2D eigenvalue weighted by atomic mass is 35.5. The number of carbonyl (C=O) groups excluding carboxylic acids is 3. The Labute approximate surface area is 161 Å². The second-order valence-corrected chi connectivity index (χ2v) is 6.93. The number of rotatable bonds is 5. The summed E-state index contributed by atoms with van der Waals surface area (Å²) < 4.78 is 4.67. The van der Waals surface area contributed by atoms with Crippen LogP contribution in [0.4, 0.5) is 11.4 Å². The third-order valence-corrected chi connectivity index (χ3v) is 5.00. The van der Waals surface area contributed by atoms with E-state index in [4.69, 9.17) is 11.6 Å². The number of hydrogen-bond donors (Lipinski definition) is 2. The fourth-order valence-corrected chi connectivity index (χ4v) is 2.88. The highest BCUT2D eigenvalue weighted by molar-refractivity contribution is 6.31. The Balaban J connectivity index is 1.71. The Hall–Kier alpha value is -2.86. The summed E-state index contributed by atoms with van der Waals surface area (Å²) in [6.45, 7) is 1.87. The topological polar surface area (TPSA) is 84.5 Å². The summed E-state index contributed by atoms with van der Waals surface area (Å²) in [5.41, 5.74) is 1.08. The number of hydrogen-bond acceptors (Lipinski definition) is 4. The number of carbonyl (C=O) groups is 3. The molecule has 1 saturated carbocycles. The lowest BCUT2D eigenvalue weighted by Crippen LogP contribution is -2.35. The number of amides is 2. The smallest absolute Gasteiger partial charge is 0.337 e. The Kier molecular flexibility index (Phi) is 5.19. The molecule has 2 N–H and O–H groups in total. The largest absolute Gasteiger partial charge is 0.465 e. The minimum atomic E-state index is -1.11. The minimum Gasteiger partial charge on any atom is -0.465 e. The number of esters is 1. The quantitative estimate of drug-likeness (QED) is 0.604. The number of halogens is 1. The van der Waals surface area contributed by atoms with Crippen molar-refractivity contribution < 1.29 is 19.1 Å². The average Bonchev–Trinajstić information content (AvgIpc) is 3.46. The molecule has 0 aliphatic heterocycles. The van der Waals surface area contributed by atoms with E-state index in [9.17, 15) is 14.4 Å². The van der Waals surface area contributed by atoms with Crippen molar-refractivity contribution in [3.8, 4) is 0 Å². The molecule has 0 saturated heterocycles. The Morgan fingerprint density at radius 2 is 1.63 bits per heavy atom. The maximum atomic E-state index is 12.7. The highest BCUT2D eigenvalue weighted by Gasteiger charge is 2.56. The summed E-state index contributed by atoms with van der Waals surface area (Å²) in [6.07, 6.45) is 0.919. The zero-order chi connectivity index (χ0) is 19.6. The lowest BCUT2D eigenvalue weighted by atomic mass is 10.0. The van der Waals surface area contributed by atoms with Crippen molar-refractivity contribution in [1.29, 1.82) is 0 Å². The maximum absolute atomic E-state index is 12.7. The predicted molar refractivity (Wildman–Crippen MR) is 103 cm³/mol. The van der Waals surface area contributed by atoms with Crippen LogP contribution >= 0.6 is 11.6 Å². The van der Waals surface area contributed by atoms with Gasteiger partial charge in [0.05, 0.1) is 12.7 Å². The summed E-state index contributed by atoms with van der Waals surface area (Å²) in [5, 5.41) is 6.02. The molecule has 0 spiro atoms. The SMILES string of the molecule is COC(=O)c1cccc(NC(=O)C2(C(=O)Nc3ccc(C)c(Cl)c3)CC2)c1. The van der Waals surface area contributed by atoms with Crippen LogP contribution in [0.15, 0.2) is 42.5 Å². The van der Waals surface area contributed by atoms with Gasteiger partial charge in [0, 0.05) is 16.4 Å². The standard InChI is InChI=1S/C20H19ClN2O4/c1-12-6-7-15(11-16(12)21)23-19(26)20(8-9-20)18(25)22-14-5-3-4-13(10-14)17(24)27-2/h3-7,10-11H,8-9H2,1-2H3,(H,22,25)(H,23,26). The van der Waals surface area contributed by atoms with E-state index in [1.807, 2.05) is 6.92 Å². The molecule has 2 amide bonds. The number of benzene rings is 2. The number of methoxy groups -OCH3 is 1. The Morgan fingerprint density at radius 1 is 1.00 bits per heavy atom. The first-order chi connectivity index (χ1) is 12.9. The van der Waals surface area contributed by atoms with Crippen LogP contribution in [0.3, 0.4) is 0 Å². The van der Waals surface area contributed by atoms with Crippen LogP contribution in [-0.2, 0) is 14.3 Å². The van der Waals surface area contributed by atoms with Gasteiger partial charge in [0.1, 0.15) is 5.41 Å². The van der Waals surface area contributed by atoms with E-state index in [-0.39, 0.29) is 5.91 Å². The van der Waals surface area contributed by atoms with Gasteiger partial charge in [0.15, 0.2) is 0 Å². The Morgan fingerprint density at radius 3 is 2.19 bits per heavy atom. The number of aryl methyl sites for hydroxylation is 1. The summed E-state index contributed by atoms with van der Waals surface area (Å²) >= 11 is 6.08. The molecule has 0 atom stereocenters. The molecule has 27 heavy (non-hydrogen) atoms. The van der Waals surface area contributed by atoms with Crippen molar-refractivity contribution in [2.24, 2.45) is 5.41 Å². The van der Waals surface area contributed by atoms with E-state index in [1.165, 1.54) is 13.2 Å². The molecule has 6 nitrogen and oxygen atoms in total. The van der Waals surface area contributed by atoms with Crippen molar-refractivity contribution in [2.45, 2.75) is 19.8 Å². The van der Waals surface area contributed by atoms with Crippen LogP contribution in [0.25, 0.3) is 0 Å². The van der Waals surface area contributed by atoms with Crippen molar-refractivity contribution in [3.63, 3.8) is 0 Å². The van der Waals surface area contributed by atoms with Crippen LogP contribution in [0, 0.1) is 12.3 Å². The zero-order valence-electron chi connectivity index (χ0n) is 15.0. The molecule has 0 heterocycles. The molecule has 0 bridgehead atoms. The predicted octanol–water partition coefficient (Wildman–Crippen LogP) is 3.79. The van der Waals surface area contributed by atoms with E-state index in [0.29, 0.717) is 34.8 Å². The van der Waals surface area contributed by atoms with Crippen LogP contribution in [0.2, 0.25) is 5.02 Å². The molecular formula is C20H19ClN2O4. The lowest BCUT2D eigenvalue weighted by molar-refractivity contribution is -0.131. The first kappa shape index (κ1) is 18.9. The van der Waals surface area contributed by atoms with Gasteiger partial charge in [0.2, 0.25) is 11.8 Å². The van der Waals surface area contributed by atoms with Gasteiger partial charge in [-0.2, -0.15) is 0 Å². The fourth-order valence-electron chi connectivity index (χ4n) is 2.70. The third kappa shape index (κ3) is 3.95. The highest BCUT2D eigenvalue weighted by Crippen LogP contribution is 2.47. The van der Waals surface area contributed by atoms with Gasteiger partial charge in [-0.3, -0.25) is 9.59 Å². The van der Waals surface area contributed by atoms with Gasteiger partial charge in [-0.1, -0.05) is 23.7 Å². The van der Waals surface area contributed by atoms with Crippen LogP contribution in [0.5, 0.6) is 0 Å². The van der Waals surface area contributed by atoms with Crippen molar-refractivity contribution in [1.82, 2.24) is 0 Å². The van der Waals surface area contributed by atoms with Crippen molar-refractivity contribution in [2.75, 3.05) is 17.7 Å². The van der Waals surface area contributed by atoms with E-state index in [1.54, 1.807) is 36.4 Å². The summed E-state index contributed by atoms with van der Waals surface area (Å²) in [7, 11) is 1.29. The first-order valence-electron chi connectivity index (χ1n) is 8.43. The minimum absolute atomic E-state index is 0.318. The van der Waals surface area contributed by atoms with Gasteiger partial charge in [-0.25, -0.2) is 4.79 Å². The van der Waals surface area contributed by atoms with Gasteiger partial charge in [-0.05, 0) is 55.7 Å². The van der Waals surface area contributed by atoms with Gasteiger partial charge in [-0.15, -0.1) is 0 Å². The second-order valence-electron chi connectivity index (χ2n) is 6.53. The molecule has 7 heteroatoms. The van der Waals surface area contributed by atoms with Crippen LogP contribution in [0.1, 0.15) is 28.8 Å². The Bertz CT molecular complexity index is 922. The monoisotopic (exact) mass is 386 g/mol. The van der Waals surface area contributed by atoms with E-state index < -0.39 is 17.3 Å². The summed E-state index contributed by atoms with van der Waals surface area (Å²) in [4.78, 5) is 37.0. The number of ether oxygens (including phenoxy) is 1. The molecule has 3 rings (SSSR count). The molecular weight excluding hydrogens is 368 g/mol. The molecule has 1 aliphatic rings. The summed E-state index contributed by atoms with van der Waals surface area (Å²) in [6, 6.07) is 11.6. The number of nitrogens with one attached hydrogen (secondary N) is 2. The second kappa shape index (κ2) is 7.40. The van der Waals surface area contributed by atoms with Crippen molar-refractivity contribution in [3.05, 3.63) is 58.6 Å². The molecule has 140 valence electrons. The summed E-state index contributed by atoms with van der Waals surface area (Å²) in [5.74, 6) is -1.27. The maximum Gasteiger partial charge on any atom is 0.337 e. The number of anilines is 2. The lowest BCUT2D eigenvalue weighted by Gasteiger charge is -2.16. The average molecular weight is 387 g/mol. The third-order valence-electron chi connectivity index (χ3n) is 4.59. The van der Waals surface area contributed by atoms with Crippen LogP contribution < -0.4 is 10.6 Å². The molecule has 0 radical (unpaired) electrons. The molecule has 2 aromatic rings. The zero-order valence-corrected chi connectivity index (χ0v) is 15.7. The molecule has 0 aromatic heterocycles. The normalized spacial score (nSPS) is 14.2. The van der Waals surface area contributed by atoms with E-state index >= 15 is 0 Å². The van der Waals surface area contributed by atoms with Crippen LogP contribution in [-0.4, -0.2) is 24.9 Å². The first-order valence-corrected chi connectivity index (χ1v) is 8.81.